The molecule has 0 radical (unpaired) electrons. The SMILES string of the molecule is C#CCn1c(=NC(=O)C(C)Oc2ccccc2)sc2cc(OC)ccc21. The molecule has 0 saturated carbocycles. The molecule has 0 spiro atoms. The van der Waals surface area contributed by atoms with Crippen molar-refractivity contribution in [2.75, 3.05) is 7.11 Å². The third-order valence-electron chi connectivity index (χ3n) is 3.75. The predicted octanol–water partition coefficient (Wildman–Crippen LogP) is 3.24. The summed E-state index contributed by atoms with van der Waals surface area (Å²) in [7, 11) is 1.61. The highest BCUT2D eigenvalue weighted by Gasteiger charge is 2.15. The average Bonchev–Trinajstić information content (AvgIpc) is 2.99. The van der Waals surface area contributed by atoms with Gasteiger partial charge in [-0.15, -0.1) is 6.42 Å². The number of hydrogen-bond donors (Lipinski definition) is 0. The monoisotopic (exact) mass is 366 g/mol. The summed E-state index contributed by atoms with van der Waals surface area (Å²) in [6.07, 6.45) is 4.79. The lowest BCUT2D eigenvalue weighted by Crippen LogP contribution is -2.26. The fourth-order valence-corrected chi connectivity index (χ4v) is 3.51. The standard InChI is InChI=1S/C20H18N2O3S/c1-4-12-22-17-11-10-16(24-3)13-18(17)26-20(22)21-19(23)14(2)25-15-8-6-5-7-9-15/h1,5-11,13-14H,12H2,2-3H3. The van der Waals surface area contributed by atoms with Gasteiger partial charge in [-0.05, 0) is 37.3 Å². The van der Waals surface area contributed by atoms with Crippen LogP contribution in [0.25, 0.3) is 10.2 Å². The molecule has 0 N–H and O–H groups in total. The van der Waals surface area contributed by atoms with E-state index in [9.17, 15) is 4.79 Å². The number of hydrogen-bond acceptors (Lipinski definition) is 4. The van der Waals surface area contributed by atoms with E-state index in [2.05, 4.69) is 10.9 Å². The predicted molar refractivity (Wildman–Crippen MR) is 102 cm³/mol. The third-order valence-corrected chi connectivity index (χ3v) is 4.79. The Balaban J connectivity index is 1.96. The maximum absolute atomic E-state index is 12.5. The number of ether oxygens (including phenoxy) is 2. The fraction of sp³-hybridized carbons (Fsp3) is 0.200. The molecule has 0 aliphatic rings. The van der Waals surface area contributed by atoms with Gasteiger partial charge in [0.15, 0.2) is 10.9 Å². The Bertz CT molecular complexity index is 1030. The van der Waals surface area contributed by atoms with Crippen LogP contribution in [0.3, 0.4) is 0 Å². The van der Waals surface area contributed by atoms with Crippen LogP contribution in [0, 0.1) is 12.3 Å². The van der Waals surface area contributed by atoms with Crippen molar-refractivity contribution in [2.45, 2.75) is 19.6 Å². The Hall–Kier alpha value is -3.04. The smallest absolute Gasteiger partial charge is 0.289 e. The van der Waals surface area contributed by atoms with Crippen LogP contribution in [0.15, 0.2) is 53.5 Å². The minimum atomic E-state index is -0.698. The Morgan fingerprint density at radius 3 is 2.73 bits per heavy atom. The van der Waals surface area contributed by atoms with Crippen LogP contribution in [-0.2, 0) is 11.3 Å². The summed E-state index contributed by atoms with van der Waals surface area (Å²) in [6, 6.07) is 14.9. The van der Waals surface area contributed by atoms with Crippen LogP contribution in [0.5, 0.6) is 11.5 Å². The molecule has 0 bridgehead atoms. The number of amides is 1. The van der Waals surface area contributed by atoms with Crippen molar-refractivity contribution in [3.8, 4) is 23.8 Å². The minimum Gasteiger partial charge on any atom is -0.497 e. The first-order chi connectivity index (χ1) is 12.6. The zero-order valence-corrected chi connectivity index (χ0v) is 15.3. The van der Waals surface area contributed by atoms with E-state index >= 15 is 0 Å². The topological polar surface area (TPSA) is 52.8 Å². The third kappa shape index (κ3) is 3.79. The van der Waals surface area contributed by atoms with Crippen molar-refractivity contribution in [1.82, 2.24) is 4.57 Å². The maximum atomic E-state index is 12.5. The molecule has 0 fully saturated rings. The molecule has 5 nitrogen and oxygen atoms in total. The van der Waals surface area contributed by atoms with Crippen molar-refractivity contribution < 1.29 is 14.3 Å². The molecule has 2 aromatic carbocycles. The van der Waals surface area contributed by atoms with Gasteiger partial charge in [-0.25, -0.2) is 0 Å². The van der Waals surface area contributed by atoms with Crippen LogP contribution in [0.2, 0.25) is 0 Å². The first kappa shape index (κ1) is 17.8. The molecule has 1 amide bonds. The Kier molecular flexibility index (Phi) is 5.40. The number of carbonyl (C=O) groups excluding carboxylic acids is 1. The van der Waals surface area contributed by atoms with Crippen molar-refractivity contribution in [2.24, 2.45) is 4.99 Å². The second-order valence-electron chi connectivity index (χ2n) is 5.53. The van der Waals surface area contributed by atoms with E-state index in [1.54, 1.807) is 26.2 Å². The van der Waals surface area contributed by atoms with E-state index in [0.29, 0.717) is 17.1 Å². The second kappa shape index (κ2) is 7.89. The van der Waals surface area contributed by atoms with Gasteiger partial charge in [0, 0.05) is 0 Å². The molecule has 0 aliphatic carbocycles. The summed E-state index contributed by atoms with van der Waals surface area (Å²) in [5, 5.41) is 0. The molecule has 26 heavy (non-hydrogen) atoms. The number of thiazole rings is 1. The van der Waals surface area contributed by atoms with Crippen molar-refractivity contribution in [3.05, 3.63) is 53.3 Å². The number of rotatable bonds is 5. The van der Waals surface area contributed by atoms with Gasteiger partial charge >= 0.3 is 0 Å². The molecule has 1 atom stereocenters. The molecule has 1 unspecified atom stereocenters. The van der Waals surface area contributed by atoms with Crippen LogP contribution < -0.4 is 14.3 Å². The molecule has 1 aromatic heterocycles. The number of methoxy groups -OCH3 is 1. The lowest BCUT2D eigenvalue weighted by atomic mass is 10.3. The molecular weight excluding hydrogens is 348 g/mol. The Morgan fingerprint density at radius 2 is 2.04 bits per heavy atom. The maximum Gasteiger partial charge on any atom is 0.289 e. The minimum absolute atomic E-state index is 0.326. The van der Waals surface area contributed by atoms with Gasteiger partial charge in [-0.3, -0.25) is 4.79 Å². The van der Waals surface area contributed by atoms with Gasteiger partial charge in [0.1, 0.15) is 11.5 Å². The van der Waals surface area contributed by atoms with Crippen LogP contribution in [0.1, 0.15) is 6.92 Å². The lowest BCUT2D eigenvalue weighted by Gasteiger charge is -2.10. The van der Waals surface area contributed by atoms with Gasteiger partial charge in [-0.2, -0.15) is 4.99 Å². The molecule has 6 heteroatoms. The molecule has 1 heterocycles. The van der Waals surface area contributed by atoms with Gasteiger partial charge in [-0.1, -0.05) is 35.5 Å². The summed E-state index contributed by atoms with van der Waals surface area (Å²) < 4.78 is 13.7. The first-order valence-electron chi connectivity index (χ1n) is 8.03. The highest BCUT2D eigenvalue weighted by atomic mass is 32.1. The number of para-hydroxylation sites is 1. The number of nitrogens with zero attached hydrogens (tertiary/aromatic N) is 2. The van der Waals surface area contributed by atoms with E-state index in [4.69, 9.17) is 15.9 Å². The van der Waals surface area contributed by atoms with Gasteiger partial charge in [0.2, 0.25) is 0 Å². The number of carbonyl (C=O) groups is 1. The van der Waals surface area contributed by atoms with Crippen LogP contribution in [0.4, 0.5) is 0 Å². The average molecular weight is 366 g/mol. The summed E-state index contributed by atoms with van der Waals surface area (Å²) >= 11 is 1.39. The molecular formula is C20H18N2O3S. The summed E-state index contributed by atoms with van der Waals surface area (Å²) in [6.45, 7) is 2.01. The summed E-state index contributed by atoms with van der Waals surface area (Å²) in [4.78, 5) is 17.3. The fourth-order valence-electron chi connectivity index (χ4n) is 2.45. The van der Waals surface area contributed by atoms with Gasteiger partial charge in [0.25, 0.3) is 5.91 Å². The number of fused-ring (bicyclic) bond motifs is 1. The first-order valence-corrected chi connectivity index (χ1v) is 8.85. The molecule has 0 aliphatic heterocycles. The highest BCUT2D eigenvalue weighted by molar-refractivity contribution is 7.16. The number of benzene rings is 2. The molecule has 3 rings (SSSR count). The highest BCUT2D eigenvalue weighted by Crippen LogP contribution is 2.23. The van der Waals surface area contributed by atoms with Crippen molar-refractivity contribution in [1.29, 1.82) is 0 Å². The quantitative estimate of drug-likeness (QED) is 0.652. The lowest BCUT2D eigenvalue weighted by molar-refractivity contribution is -0.124. The van der Waals surface area contributed by atoms with Crippen LogP contribution in [-0.4, -0.2) is 23.7 Å². The zero-order chi connectivity index (χ0) is 18.5. The second-order valence-corrected chi connectivity index (χ2v) is 6.54. The zero-order valence-electron chi connectivity index (χ0n) is 14.5. The Labute approximate surface area is 155 Å². The molecule has 0 saturated heterocycles. The normalized spacial score (nSPS) is 12.6. The molecule has 132 valence electrons. The Morgan fingerprint density at radius 1 is 1.27 bits per heavy atom. The van der Waals surface area contributed by atoms with Gasteiger partial charge in [0.05, 0.1) is 23.9 Å². The van der Waals surface area contributed by atoms with Crippen molar-refractivity contribution >= 4 is 27.5 Å². The summed E-state index contributed by atoms with van der Waals surface area (Å²) in [5.41, 5.74) is 0.914. The van der Waals surface area contributed by atoms with E-state index in [1.165, 1.54) is 11.3 Å². The van der Waals surface area contributed by atoms with Crippen LogP contribution >= 0.6 is 11.3 Å². The number of aromatic nitrogens is 1. The molecule has 3 aromatic rings. The largest absolute Gasteiger partial charge is 0.497 e. The summed E-state index contributed by atoms with van der Waals surface area (Å²) in [5.74, 6) is 3.61. The van der Waals surface area contributed by atoms with E-state index in [1.807, 2.05) is 41.0 Å². The number of terminal acetylenes is 1. The van der Waals surface area contributed by atoms with E-state index < -0.39 is 6.10 Å². The van der Waals surface area contributed by atoms with E-state index in [-0.39, 0.29) is 5.91 Å². The van der Waals surface area contributed by atoms with Gasteiger partial charge < -0.3 is 14.0 Å². The van der Waals surface area contributed by atoms with E-state index in [0.717, 1.165) is 16.0 Å². The van der Waals surface area contributed by atoms with Crippen molar-refractivity contribution in [3.63, 3.8) is 0 Å².